The average Bonchev–Trinajstić information content (AvgIpc) is 2.84. The normalized spacial score (nSPS) is 26.1. The Kier molecular flexibility index (Phi) is 3.98. The highest BCUT2D eigenvalue weighted by atomic mass is 16.5. The minimum absolute atomic E-state index is 0.251. The summed E-state index contributed by atoms with van der Waals surface area (Å²) in [4.78, 5) is 11.8. The third kappa shape index (κ3) is 2.83. The van der Waals surface area contributed by atoms with Crippen LogP contribution in [-0.4, -0.2) is 18.6 Å². The van der Waals surface area contributed by atoms with Crippen molar-refractivity contribution in [3.63, 3.8) is 0 Å². The van der Waals surface area contributed by atoms with Crippen LogP contribution in [0.25, 0.3) is 0 Å². The standard InChI is InChI=1S/C15H22N2O2/c1-3-11-8-9-15(10-11,14(16)18)17-12-4-6-13(19-2)7-5-12/h4-7,11,17H,3,8-10H2,1-2H3,(H2,16,18). The van der Waals surface area contributed by atoms with Crippen molar-refractivity contribution in [3.8, 4) is 5.75 Å². The molecule has 1 aromatic rings. The maximum atomic E-state index is 11.8. The molecule has 3 N–H and O–H groups in total. The molecule has 104 valence electrons. The molecule has 1 amide bonds. The van der Waals surface area contributed by atoms with Crippen molar-refractivity contribution in [2.24, 2.45) is 11.7 Å². The van der Waals surface area contributed by atoms with E-state index in [1.165, 1.54) is 0 Å². The lowest BCUT2D eigenvalue weighted by molar-refractivity contribution is -0.122. The molecule has 2 rings (SSSR count). The first-order chi connectivity index (χ1) is 9.09. The van der Waals surface area contributed by atoms with Crippen LogP contribution in [0.4, 0.5) is 5.69 Å². The number of carbonyl (C=O) groups excluding carboxylic acids is 1. The van der Waals surface area contributed by atoms with Crippen molar-refractivity contribution in [1.29, 1.82) is 0 Å². The van der Waals surface area contributed by atoms with Gasteiger partial charge in [0.25, 0.3) is 0 Å². The Morgan fingerprint density at radius 2 is 2.16 bits per heavy atom. The molecule has 1 aromatic carbocycles. The lowest BCUT2D eigenvalue weighted by Gasteiger charge is -2.28. The topological polar surface area (TPSA) is 64.3 Å². The number of ether oxygens (including phenoxy) is 1. The number of anilines is 1. The summed E-state index contributed by atoms with van der Waals surface area (Å²) in [6.07, 6.45) is 3.79. The number of methoxy groups -OCH3 is 1. The summed E-state index contributed by atoms with van der Waals surface area (Å²) >= 11 is 0. The highest BCUT2D eigenvalue weighted by Crippen LogP contribution is 2.38. The number of amides is 1. The average molecular weight is 262 g/mol. The van der Waals surface area contributed by atoms with Crippen LogP contribution in [0.5, 0.6) is 5.75 Å². The van der Waals surface area contributed by atoms with Gasteiger partial charge in [-0.25, -0.2) is 0 Å². The van der Waals surface area contributed by atoms with Crippen LogP contribution in [0.15, 0.2) is 24.3 Å². The summed E-state index contributed by atoms with van der Waals surface area (Å²) in [6, 6.07) is 7.60. The van der Waals surface area contributed by atoms with Gasteiger partial charge in [-0.2, -0.15) is 0 Å². The van der Waals surface area contributed by atoms with Gasteiger partial charge in [-0.1, -0.05) is 13.3 Å². The molecule has 0 aromatic heterocycles. The predicted molar refractivity (Wildman–Crippen MR) is 76.2 cm³/mol. The lowest BCUT2D eigenvalue weighted by atomic mass is 9.93. The van der Waals surface area contributed by atoms with Gasteiger partial charge in [0.05, 0.1) is 7.11 Å². The Morgan fingerprint density at radius 1 is 1.47 bits per heavy atom. The summed E-state index contributed by atoms with van der Waals surface area (Å²) in [5.41, 5.74) is 5.95. The highest BCUT2D eigenvalue weighted by Gasteiger charge is 2.43. The molecule has 0 bridgehead atoms. The second kappa shape index (κ2) is 5.51. The first kappa shape index (κ1) is 13.7. The molecule has 0 radical (unpaired) electrons. The number of hydrogen-bond acceptors (Lipinski definition) is 3. The number of hydrogen-bond donors (Lipinski definition) is 2. The molecule has 1 aliphatic carbocycles. The van der Waals surface area contributed by atoms with Crippen molar-refractivity contribution in [2.45, 2.75) is 38.1 Å². The molecular weight excluding hydrogens is 240 g/mol. The monoisotopic (exact) mass is 262 g/mol. The minimum atomic E-state index is -0.588. The van der Waals surface area contributed by atoms with Gasteiger partial charge in [0.2, 0.25) is 5.91 Å². The zero-order valence-corrected chi connectivity index (χ0v) is 11.6. The number of primary amides is 1. The van der Waals surface area contributed by atoms with Crippen molar-refractivity contribution in [2.75, 3.05) is 12.4 Å². The fraction of sp³-hybridized carbons (Fsp3) is 0.533. The van der Waals surface area contributed by atoms with Gasteiger partial charge in [0, 0.05) is 5.69 Å². The zero-order chi connectivity index (χ0) is 13.9. The van der Waals surface area contributed by atoms with E-state index >= 15 is 0 Å². The molecule has 1 aliphatic rings. The van der Waals surface area contributed by atoms with Crippen molar-refractivity contribution in [3.05, 3.63) is 24.3 Å². The fourth-order valence-electron chi connectivity index (χ4n) is 2.85. The van der Waals surface area contributed by atoms with Gasteiger partial charge in [-0.15, -0.1) is 0 Å². The zero-order valence-electron chi connectivity index (χ0n) is 11.6. The van der Waals surface area contributed by atoms with E-state index < -0.39 is 5.54 Å². The van der Waals surface area contributed by atoms with Crippen molar-refractivity contribution in [1.82, 2.24) is 0 Å². The molecule has 4 heteroatoms. The summed E-state index contributed by atoms with van der Waals surface area (Å²) < 4.78 is 5.13. The van der Waals surface area contributed by atoms with Crippen LogP contribution in [0, 0.1) is 5.92 Å². The molecule has 0 spiro atoms. The van der Waals surface area contributed by atoms with Crippen molar-refractivity contribution >= 4 is 11.6 Å². The Morgan fingerprint density at radius 3 is 2.63 bits per heavy atom. The summed E-state index contributed by atoms with van der Waals surface area (Å²) in [5.74, 6) is 1.13. The van der Waals surface area contributed by atoms with Crippen LogP contribution < -0.4 is 15.8 Å². The molecule has 0 saturated heterocycles. The van der Waals surface area contributed by atoms with Crippen LogP contribution in [0.2, 0.25) is 0 Å². The Hall–Kier alpha value is -1.71. The van der Waals surface area contributed by atoms with E-state index in [4.69, 9.17) is 10.5 Å². The van der Waals surface area contributed by atoms with Gasteiger partial charge >= 0.3 is 0 Å². The first-order valence-electron chi connectivity index (χ1n) is 6.82. The van der Waals surface area contributed by atoms with Gasteiger partial charge in [0.15, 0.2) is 0 Å². The molecule has 1 saturated carbocycles. The largest absolute Gasteiger partial charge is 0.497 e. The highest BCUT2D eigenvalue weighted by molar-refractivity contribution is 5.88. The molecule has 4 nitrogen and oxygen atoms in total. The summed E-state index contributed by atoms with van der Waals surface area (Å²) in [6.45, 7) is 2.16. The van der Waals surface area contributed by atoms with Gasteiger partial charge in [-0.3, -0.25) is 4.79 Å². The van der Waals surface area contributed by atoms with E-state index in [1.807, 2.05) is 24.3 Å². The molecule has 0 aliphatic heterocycles. The van der Waals surface area contributed by atoms with E-state index in [-0.39, 0.29) is 5.91 Å². The third-order valence-electron chi connectivity index (χ3n) is 4.14. The SMILES string of the molecule is CCC1CCC(Nc2ccc(OC)cc2)(C(N)=O)C1. The smallest absolute Gasteiger partial charge is 0.243 e. The number of nitrogens with one attached hydrogen (secondary N) is 1. The van der Waals surface area contributed by atoms with E-state index in [0.29, 0.717) is 5.92 Å². The maximum absolute atomic E-state index is 11.8. The molecule has 2 atom stereocenters. The number of benzene rings is 1. The second-order valence-electron chi connectivity index (χ2n) is 5.32. The maximum Gasteiger partial charge on any atom is 0.243 e. The fourth-order valence-corrected chi connectivity index (χ4v) is 2.85. The predicted octanol–water partition coefficient (Wildman–Crippen LogP) is 2.54. The van der Waals surface area contributed by atoms with Gasteiger partial charge < -0.3 is 15.8 Å². The Labute approximate surface area is 114 Å². The quantitative estimate of drug-likeness (QED) is 0.857. The molecule has 2 unspecified atom stereocenters. The van der Waals surface area contributed by atoms with Crippen LogP contribution >= 0.6 is 0 Å². The number of carbonyl (C=O) groups is 1. The third-order valence-corrected chi connectivity index (χ3v) is 4.14. The minimum Gasteiger partial charge on any atom is -0.497 e. The van der Waals surface area contributed by atoms with E-state index in [9.17, 15) is 4.79 Å². The molecule has 19 heavy (non-hydrogen) atoms. The van der Waals surface area contributed by atoms with Gasteiger partial charge in [-0.05, 0) is 49.4 Å². The molecule has 0 heterocycles. The number of rotatable bonds is 5. The summed E-state index contributed by atoms with van der Waals surface area (Å²) in [7, 11) is 1.64. The number of nitrogens with two attached hydrogens (primary N) is 1. The lowest BCUT2D eigenvalue weighted by Crippen LogP contribution is -2.48. The van der Waals surface area contributed by atoms with Crippen LogP contribution in [-0.2, 0) is 4.79 Å². The van der Waals surface area contributed by atoms with E-state index in [0.717, 1.165) is 37.1 Å². The Balaban J connectivity index is 2.15. The van der Waals surface area contributed by atoms with Crippen molar-refractivity contribution < 1.29 is 9.53 Å². The van der Waals surface area contributed by atoms with Gasteiger partial charge in [0.1, 0.15) is 11.3 Å². The second-order valence-corrected chi connectivity index (χ2v) is 5.32. The first-order valence-corrected chi connectivity index (χ1v) is 6.82. The van der Waals surface area contributed by atoms with E-state index in [2.05, 4.69) is 12.2 Å². The van der Waals surface area contributed by atoms with E-state index in [1.54, 1.807) is 7.11 Å². The van der Waals surface area contributed by atoms with Crippen LogP contribution in [0.1, 0.15) is 32.6 Å². The summed E-state index contributed by atoms with van der Waals surface area (Å²) in [5, 5.41) is 3.34. The molecule has 1 fully saturated rings. The van der Waals surface area contributed by atoms with Crippen LogP contribution in [0.3, 0.4) is 0 Å². The molecular formula is C15H22N2O2. The Bertz CT molecular complexity index is 444.